The molecule has 0 unspecified atom stereocenters. The van der Waals surface area contributed by atoms with Gasteiger partial charge in [-0.25, -0.2) is 4.79 Å². The maximum Gasteiger partial charge on any atom is 0.335 e. The van der Waals surface area contributed by atoms with Gasteiger partial charge in [-0.1, -0.05) is 18.2 Å². The number of aromatic carboxylic acids is 1. The highest BCUT2D eigenvalue weighted by Crippen LogP contribution is 2.15. The molecule has 0 spiro atoms. The van der Waals surface area contributed by atoms with Gasteiger partial charge in [-0.3, -0.25) is 9.48 Å². The fourth-order valence-corrected chi connectivity index (χ4v) is 2.35. The standard InChI is InChI=1S/C17H18N2O3/c1-4-19-12(3)16(11(2)18-19)15(20)10-7-13-5-8-14(9-6-13)17(21)22/h5-10H,4H2,1-3H3,(H,21,22)/b10-7-. The Labute approximate surface area is 128 Å². The molecule has 2 rings (SSSR count). The van der Waals surface area contributed by atoms with Crippen LogP contribution in [0.5, 0.6) is 0 Å². The summed E-state index contributed by atoms with van der Waals surface area (Å²) >= 11 is 0. The Kier molecular flexibility index (Phi) is 4.56. The van der Waals surface area contributed by atoms with Crippen LogP contribution in [0.3, 0.4) is 0 Å². The Morgan fingerprint density at radius 1 is 1.23 bits per heavy atom. The van der Waals surface area contributed by atoms with E-state index in [1.807, 2.05) is 20.8 Å². The first-order valence-electron chi connectivity index (χ1n) is 7.03. The molecule has 0 atom stereocenters. The Morgan fingerprint density at radius 3 is 2.36 bits per heavy atom. The molecule has 0 aliphatic heterocycles. The number of aromatic nitrogens is 2. The molecule has 0 saturated heterocycles. The van der Waals surface area contributed by atoms with Crippen molar-refractivity contribution in [1.82, 2.24) is 9.78 Å². The first kappa shape index (κ1) is 15.7. The largest absolute Gasteiger partial charge is 0.478 e. The average Bonchev–Trinajstić information content (AvgIpc) is 2.79. The van der Waals surface area contributed by atoms with Crippen molar-refractivity contribution in [1.29, 1.82) is 0 Å². The van der Waals surface area contributed by atoms with E-state index < -0.39 is 5.97 Å². The number of hydrogen-bond acceptors (Lipinski definition) is 3. The highest BCUT2D eigenvalue weighted by atomic mass is 16.4. The molecule has 0 bridgehead atoms. The molecule has 0 aliphatic rings. The van der Waals surface area contributed by atoms with Crippen molar-refractivity contribution in [2.45, 2.75) is 27.3 Å². The lowest BCUT2D eigenvalue weighted by atomic mass is 10.1. The number of ketones is 1. The maximum atomic E-state index is 12.3. The predicted molar refractivity (Wildman–Crippen MR) is 84.1 cm³/mol. The van der Waals surface area contributed by atoms with Gasteiger partial charge in [-0.05, 0) is 44.5 Å². The van der Waals surface area contributed by atoms with Crippen LogP contribution in [0.1, 0.15) is 44.6 Å². The van der Waals surface area contributed by atoms with Gasteiger partial charge in [0.1, 0.15) is 0 Å². The molecule has 1 heterocycles. The summed E-state index contributed by atoms with van der Waals surface area (Å²) in [6.45, 7) is 6.40. The highest BCUT2D eigenvalue weighted by molar-refractivity contribution is 6.08. The summed E-state index contributed by atoms with van der Waals surface area (Å²) in [4.78, 5) is 23.1. The zero-order valence-corrected chi connectivity index (χ0v) is 12.8. The number of carbonyl (C=O) groups excluding carboxylic acids is 1. The number of rotatable bonds is 5. The summed E-state index contributed by atoms with van der Waals surface area (Å²) in [6, 6.07) is 6.36. The summed E-state index contributed by atoms with van der Waals surface area (Å²) in [5, 5.41) is 13.2. The van der Waals surface area contributed by atoms with Crippen molar-refractivity contribution < 1.29 is 14.7 Å². The van der Waals surface area contributed by atoms with Gasteiger partial charge < -0.3 is 5.11 Å². The van der Waals surface area contributed by atoms with Crippen LogP contribution >= 0.6 is 0 Å². The molecule has 2 aromatic rings. The second-order valence-corrected chi connectivity index (χ2v) is 4.99. The van der Waals surface area contributed by atoms with E-state index in [1.165, 1.54) is 18.2 Å². The topological polar surface area (TPSA) is 72.2 Å². The van der Waals surface area contributed by atoms with Crippen molar-refractivity contribution in [3.63, 3.8) is 0 Å². The van der Waals surface area contributed by atoms with E-state index in [-0.39, 0.29) is 11.3 Å². The number of benzene rings is 1. The fraction of sp³-hybridized carbons (Fsp3) is 0.235. The quantitative estimate of drug-likeness (QED) is 0.680. The van der Waals surface area contributed by atoms with E-state index in [1.54, 1.807) is 22.9 Å². The molecular formula is C17H18N2O3. The lowest BCUT2D eigenvalue weighted by Gasteiger charge is -2.00. The molecular weight excluding hydrogens is 280 g/mol. The zero-order chi connectivity index (χ0) is 16.3. The van der Waals surface area contributed by atoms with Gasteiger partial charge in [0.2, 0.25) is 0 Å². The normalized spacial score (nSPS) is 11.0. The van der Waals surface area contributed by atoms with Crippen LogP contribution in [0.15, 0.2) is 30.3 Å². The van der Waals surface area contributed by atoms with Crippen LogP contribution in [0.4, 0.5) is 0 Å². The molecule has 5 nitrogen and oxygen atoms in total. The Morgan fingerprint density at radius 2 is 1.86 bits per heavy atom. The van der Waals surface area contributed by atoms with Gasteiger partial charge >= 0.3 is 5.97 Å². The third-order valence-corrected chi connectivity index (χ3v) is 3.51. The van der Waals surface area contributed by atoms with Gasteiger partial charge in [0.25, 0.3) is 0 Å². The Hall–Kier alpha value is -2.69. The van der Waals surface area contributed by atoms with Crippen molar-refractivity contribution >= 4 is 17.8 Å². The molecule has 0 saturated carbocycles. The number of nitrogens with zero attached hydrogens (tertiary/aromatic N) is 2. The second-order valence-electron chi connectivity index (χ2n) is 4.99. The molecule has 0 amide bonds. The molecule has 22 heavy (non-hydrogen) atoms. The zero-order valence-electron chi connectivity index (χ0n) is 12.8. The second kappa shape index (κ2) is 6.39. The smallest absolute Gasteiger partial charge is 0.335 e. The van der Waals surface area contributed by atoms with Crippen LogP contribution in [0, 0.1) is 13.8 Å². The molecule has 1 N–H and O–H groups in total. The van der Waals surface area contributed by atoms with Gasteiger partial charge in [-0.2, -0.15) is 5.10 Å². The number of aryl methyl sites for hydroxylation is 2. The maximum absolute atomic E-state index is 12.3. The number of allylic oxidation sites excluding steroid dienone is 1. The molecule has 0 aliphatic carbocycles. The number of hydrogen-bond donors (Lipinski definition) is 1. The summed E-state index contributed by atoms with van der Waals surface area (Å²) in [5.41, 5.74) is 3.20. The van der Waals surface area contributed by atoms with Crippen LogP contribution in [-0.2, 0) is 6.54 Å². The lowest BCUT2D eigenvalue weighted by molar-refractivity contribution is 0.0696. The molecule has 0 fully saturated rings. The first-order valence-corrected chi connectivity index (χ1v) is 7.03. The van der Waals surface area contributed by atoms with Crippen LogP contribution in [0.2, 0.25) is 0 Å². The van der Waals surface area contributed by atoms with Crippen molar-refractivity contribution in [3.8, 4) is 0 Å². The third kappa shape index (κ3) is 3.14. The monoisotopic (exact) mass is 298 g/mol. The van der Waals surface area contributed by atoms with Crippen molar-refractivity contribution in [2.75, 3.05) is 0 Å². The summed E-state index contributed by atoms with van der Waals surface area (Å²) < 4.78 is 1.80. The minimum absolute atomic E-state index is 0.1000. The minimum atomic E-state index is -0.968. The van der Waals surface area contributed by atoms with Crippen LogP contribution < -0.4 is 0 Å². The van der Waals surface area contributed by atoms with E-state index >= 15 is 0 Å². The van der Waals surface area contributed by atoms with Gasteiger partial charge in [0, 0.05) is 12.2 Å². The SMILES string of the molecule is CCn1nc(C)c(C(=O)/C=C\c2ccc(C(=O)O)cc2)c1C. The lowest BCUT2D eigenvalue weighted by Crippen LogP contribution is -2.02. The van der Waals surface area contributed by atoms with E-state index in [4.69, 9.17) is 5.11 Å². The average molecular weight is 298 g/mol. The van der Waals surface area contributed by atoms with E-state index in [2.05, 4.69) is 5.10 Å². The van der Waals surface area contributed by atoms with E-state index in [9.17, 15) is 9.59 Å². The number of carbonyl (C=O) groups is 2. The molecule has 0 radical (unpaired) electrons. The number of carboxylic acid groups (broad SMARTS) is 1. The minimum Gasteiger partial charge on any atom is -0.478 e. The Balaban J connectivity index is 2.21. The van der Waals surface area contributed by atoms with Gasteiger partial charge in [-0.15, -0.1) is 0 Å². The number of carboxylic acids is 1. The summed E-state index contributed by atoms with van der Waals surface area (Å²) in [5.74, 6) is -1.07. The van der Waals surface area contributed by atoms with E-state index in [0.717, 1.165) is 23.5 Å². The summed E-state index contributed by atoms with van der Waals surface area (Å²) in [7, 11) is 0. The molecule has 114 valence electrons. The van der Waals surface area contributed by atoms with Crippen molar-refractivity contribution in [3.05, 3.63) is 58.4 Å². The molecule has 1 aromatic heterocycles. The van der Waals surface area contributed by atoms with Crippen LogP contribution in [0.25, 0.3) is 6.08 Å². The highest BCUT2D eigenvalue weighted by Gasteiger charge is 2.15. The fourth-order valence-electron chi connectivity index (χ4n) is 2.35. The van der Waals surface area contributed by atoms with Gasteiger partial charge in [0.05, 0.1) is 16.8 Å². The van der Waals surface area contributed by atoms with Gasteiger partial charge in [0.15, 0.2) is 5.78 Å². The molecule has 1 aromatic carbocycles. The Bertz CT molecular complexity index is 740. The first-order chi connectivity index (χ1) is 10.4. The predicted octanol–water partition coefficient (Wildman–Crippen LogP) is 3.11. The summed E-state index contributed by atoms with van der Waals surface area (Å²) in [6.07, 6.45) is 3.17. The van der Waals surface area contributed by atoms with E-state index in [0.29, 0.717) is 5.56 Å². The van der Waals surface area contributed by atoms with Crippen LogP contribution in [-0.4, -0.2) is 26.6 Å². The third-order valence-electron chi connectivity index (χ3n) is 3.51. The molecule has 5 heteroatoms. The van der Waals surface area contributed by atoms with Crippen molar-refractivity contribution in [2.24, 2.45) is 0 Å².